The van der Waals surface area contributed by atoms with Gasteiger partial charge in [-0.25, -0.2) is 14.8 Å². The minimum Gasteiger partial charge on any atom is -0.454 e. The summed E-state index contributed by atoms with van der Waals surface area (Å²) in [6.07, 6.45) is 0.400. The summed E-state index contributed by atoms with van der Waals surface area (Å²) in [5.41, 5.74) is 1.22. The van der Waals surface area contributed by atoms with Crippen LogP contribution in [0.25, 0.3) is 11.2 Å². The van der Waals surface area contributed by atoms with Crippen molar-refractivity contribution >= 4 is 29.4 Å². The van der Waals surface area contributed by atoms with Gasteiger partial charge in [0.05, 0.1) is 37.5 Å². The maximum Gasteiger partial charge on any atom is 0.338 e. The van der Waals surface area contributed by atoms with Crippen LogP contribution in [0.5, 0.6) is 0 Å². The van der Waals surface area contributed by atoms with Gasteiger partial charge in [0.15, 0.2) is 23.6 Å². The van der Waals surface area contributed by atoms with Crippen molar-refractivity contribution in [2.45, 2.75) is 30.6 Å². The molecule has 6 rings (SSSR count). The lowest BCUT2D eigenvalue weighted by atomic mass is 9.96. The average Bonchev–Trinajstić information content (AvgIpc) is 3.41. The van der Waals surface area contributed by atoms with Crippen LogP contribution in [-0.2, 0) is 18.9 Å². The number of H-pyrrole nitrogens is 1. The maximum atomic E-state index is 13.3. The lowest BCUT2D eigenvalue weighted by molar-refractivity contribution is -0.305. The average molecular weight is 545 g/mol. The molecular formula is C28H28N6O6. The number of hydrogen-bond donors (Lipinski definition) is 1. The number of esters is 1. The summed E-state index contributed by atoms with van der Waals surface area (Å²) >= 11 is 0. The van der Waals surface area contributed by atoms with Crippen molar-refractivity contribution in [2.24, 2.45) is 4.99 Å². The van der Waals surface area contributed by atoms with Crippen LogP contribution in [-0.4, -0.2) is 82.3 Å². The lowest BCUT2D eigenvalue weighted by Gasteiger charge is -2.46. The Hall–Kier alpha value is -4.39. The first-order chi connectivity index (χ1) is 19.5. The molecule has 0 spiro atoms. The van der Waals surface area contributed by atoms with Gasteiger partial charge in [-0.1, -0.05) is 48.5 Å². The quantitative estimate of drug-likeness (QED) is 0.221. The third kappa shape index (κ3) is 5.11. The normalized spacial score (nSPS) is 24.6. The van der Waals surface area contributed by atoms with Crippen LogP contribution >= 0.6 is 0 Å². The van der Waals surface area contributed by atoms with E-state index in [1.807, 2.05) is 50.5 Å². The molecule has 2 aliphatic heterocycles. The zero-order chi connectivity index (χ0) is 27.6. The minimum atomic E-state index is -0.811. The maximum absolute atomic E-state index is 13.3. The van der Waals surface area contributed by atoms with E-state index in [1.54, 1.807) is 33.7 Å². The molecule has 1 N–H and O–H groups in total. The fraction of sp³-hybridized carbons (Fsp3) is 0.321. The van der Waals surface area contributed by atoms with Gasteiger partial charge in [-0.05, 0) is 12.1 Å². The summed E-state index contributed by atoms with van der Waals surface area (Å²) in [7, 11) is 3.62. The zero-order valence-electron chi connectivity index (χ0n) is 21.9. The van der Waals surface area contributed by atoms with E-state index in [4.69, 9.17) is 18.9 Å². The molecule has 0 amide bonds. The fourth-order valence-corrected chi connectivity index (χ4v) is 4.84. The smallest absolute Gasteiger partial charge is 0.338 e. The Kier molecular flexibility index (Phi) is 7.11. The van der Waals surface area contributed by atoms with Gasteiger partial charge in [0.2, 0.25) is 5.95 Å². The number of nitrogens with one attached hydrogen (secondary N) is 1. The van der Waals surface area contributed by atoms with Crippen molar-refractivity contribution in [3.63, 3.8) is 0 Å². The second-order valence-corrected chi connectivity index (χ2v) is 9.77. The fourth-order valence-electron chi connectivity index (χ4n) is 4.84. The predicted molar refractivity (Wildman–Crippen MR) is 144 cm³/mol. The number of hydrogen-bond acceptors (Lipinski definition) is 9. The van der Waals surface area contributed by atoms with E-state index >= 15 is 0 Å². The highest BCUT2D eigenvalue weighted by atomic mass is 16.7. The van der Waals surface area contributed by atoms with E-state index in [9.17, 15) is 9.59 Å². The molecule has 0 bridgehead atoms. The molecule has 4 heterocycles. The lowest BCUT2D eigenvalue weighted by Crippen LogP contribution is -2.57. The first-order valence-electron chi connectivity index (χ1n) is 12.8. The molecule has 40 heavy (non-hydrogen) atoms. The molecule has 12 nitrogen and oxygen atoms in total. The van der Waals surface area contributed by atoms with Crippen LogP contribution in [0.2, 0.25) is 0 Å². The van der Waals surface area contributed by atoms with Gasteiger partial charge in [-0.2, -0.15) is 4.98 Å². The topological polar surface area (TPSA) is 133 Å². The first-order valence-corrected chi connectivity index (χ1v) is 12.8. The standard InChI is InChI=1S/C28H28N6O6/c1-33(2)15-30-28-31-24-21(25(35)32-28)29-16-34(24)19-13-37-20-14-38-27(18-11-7-4-8-12-18)40-23(20)22(19)39-26(36)17-9-5-3-6-10-17/h3-12,15-16,19-20,22-23,27H,13-14H2,1-2H3,(H,31,32,35)/b30-15+/t19-,20-,22+,23-,27?/m1/s1. The number of rotatable bonds is 6. The molecule has 4 aromatic rings. The van der Waals surface area contributed by atoms with Crippen LogP contribution in [0, 0.1) is 0 Å². The van der Waals surface area contributed by atoms with Gasteiger partial charge >= 0.3 is 5.97 Å². The van der Waals surface area contributed by atoms with Gasteiger partial charge in [-0.15, -0.1) is 0 Å². The molecule has 12 heteroatoms. The van der Waals surface area contributed by atoms with Crippen molar-refractivity contribution in [3.05, 3.63) is 88.5 Å². The van der Waals surface area contributed by atoms with Crippen LogP contribution < -0.4 is 5.56 Å². The number of ether oxygens (including phenoxy) is 4. The third-order valence-corrected chi connectivity index (χ3v) is 6.76. The van der Waals surface area contributed by atoms with Crippen molar-refractivity contribution in [1.82, 2.24) is 24.4 Å². The molecule has 2 aromatic carbocycles. The zero-order valence-corrected chi connectivity index (χ0v) is 21.9. The Morgan fingerprint density at radius 3 is 2.60 bits per heavy atom. The van der Waals surface area contributed by atoms with Crippen LogP contribution in [0.1, 0.15) is 28.3 Å². The number of carbonyl (C=O) groups excluding carboxylic acids is 1. The highest BCUT2D eigenvalue weighted by Crippen LogP contribution is 2.38. The van der Waals surface area contributed by atoms with Crippen molar-refractivity contribution in [2.75, 3.05) is 27.3 Å². The Labute approximate surface area is 229 Å². The van der Waals surface area contributed by atoms with Crippen LogP contribution in [0.4, 0.5) is 5.95 Å². The number of benzene rings is 2. The predicted octanol–water partition coefficient (Wildman–Crippen LogP) is 2.62. The van der Waals surface area contributed by atoms with Crippen molar-refractivity contribution < 1.29 is 23.7 Å². The second-order valence-electron chi connectivity index (χ2n) is 9.77. The first kappa shape index (κ1) is 25.9. The van der Waals surface area contributed by atoms with E-state index in [0.29, 0.717) is 5.56 Å². The third-order valence-electron chi connectivity index (χ3n) is 6.76. The van der Waals surface area contributed by atoms with E-state index in [2.05, 4.69) is 19.9 Å². The number of fused-ring (bicyclic) bond motifs is 2. The molecule has 5 atom stereocenters. The van der Waals surface area contributed by atoms with Crippen molar-refractivity contribution in [3.8, 4) is 0 Å². The summed E-state index contributed by atoms with van der Waals surface area (Å²) in [6.45, 7) is 0.398. The molecular weight excluding hydrogens is 516 g/mol. The molecule has 2 saturated heterocycles. The van der Waals surface area contributed by atoms with Gasteiger partial charge < -0.3 is 28.4 Å². The summed E-state index contributed by atoms with van der Waals surface area (Å²) in [4.78, 5) is 43.5. The van der Waals surface area contributed by atoms with E-state index < -0.39 is 42.2 Å². The van der Waals surface area contributed by atoms with Crippen LogP contribution in [0.3, 0.4) is 0 Å². The molecule has 2 aliphatic rings. The largest absolute Gasteiger partial charge is 0.454 e. The number of aromatic amines is 1. The summed E-state index contributed by atoms with van der Waals surface area (Å²) in [5.74, 6) is -0.388. The van der Waals surface area contributed by atoms with E-state index in [0.717, 1.165) is 5.56 Å². The second kappa shape index (κ2) is 11.0. The SMILES string of the molecule is CN(C)/C=N/c1nc2c(ncn2[C@@H]2CO[C@@H]3COC(c4ccccc4)O[C@H]3[C@H]2OC(=O)c2ccccc2)c(=O)[nH]1. The molecule has 0 radical (unpaired) electrons. The molecule has 2 aromatic heterocycles. The molecule has 0 saturated carbocycles. The summed E-state index contributed by atoms with van der Waals surface area (Å²) < 4.78 is 26.4. The number of carbonyl (C=O) groups is 1. The summed E-state index contributed by atoms with van der Waals surface area (Å²) in [5, 5.41) is 0. The van der Waals surface area contributed by atoms with Gasteiger partial charge in [-0.3, -0.25) is 9.78 Å². The molecule has 1 unspecified atom stereocenters. The minimum absolute atomic E-state index is 0.117. The van der Waals surface area contributed by atoms with Crippen molar-refractivity contribution in [1.29, 1.82) is 0 Å². The number of aromatic nitrogens is 4. The van der Waals surface area contributed by atoms with Crippen LogP contribution in [0.15, 0.2) is 76.8 Å². The molecule has 0 aliphatic carbocycles. The van der Waals surface area contributed by atoms with E-state index in [1.165, 1.54) is 12.7 Å². The van der Waals surface area contributed by atoms with Gasteiger partial charge in [0.25, 0.3) is 5.56 Å². The Morgan fingerprint density at radius 2 is 1.85 bits per heavy atom. The Balaban J connectivity index is 1.39. The highest BCUT2D eigenvalue weighted by Gasteiger charge is 2.49. The van der Waals surface area contributed by atoms with E-state index in [-0.39, 0.29) is 30.3 Å². The monoisotopic (exact) mass is 544 g/mol. The number of nitrogens with zero attached hydrogens (tertiary/aromatic N) is 5. The Bertz CT molecular complexity index is 1570. The Morgan fingerprint density at radius 1 is 1.10 bits per heavy atom. The van der Waals surface area contributed by atoms with Gasteiger partial charge in [0.1, 0.15) is 12.2 Å². The number of imidazole rings is 1. The summed E-state index contributed by atoms with van der Waals surface area (Å²) in [6, 6.07) is 17.7. The number of aliphatic imine (C=N–C) groups is 1. The highest BCUT2D eigenvalue weighted by molar-refractivity contribution is 5.89. The molecule has 206 valence electrons. The molecule has 2 fully saturated rings. The van der Waals surface area contributed by atoms with Gasteiger partial charge in [0, 0.05) is 19.7 Å².